The summed E-state index contributed by atoms with van der Waals surface area (Å²) in [6.07, 6.45) is 8.47. The van der Waals surface area contributed by atoms with Crippen LogP contribution in [0.15, 0.2) is 72.9 Å². The van der Waals surface area contributed by atoms with Gasteiger partial charge in [0.15, 0.2) is 0 Å². The summed E-state index contributed by atoms with van der Waals surface area (Å²) >= 11 is 0. The van der Waals surface area contributed by atoms with Crippen molar-refractivity contribution in [2.45, 2.75) is 57.2 Å². The fraction of sp³-hybridized carbons (Fsp3) is 0.333. The molecule has 5 aromatic rings. The number of hydrogen-bond donors (Lipinski definition) is 4. The predicted octanol–water partition coefficient (Wildman–Crippen LogP) is 5.59. The second kappa shape index (κ2) is 10.6. The first-order chi connectivity index (χ1) is 17.8. The largest absolute Gasteiger partial charge is 0.357 e. The van der Waals surface area contributed by atoms with Gasteiger partial charge in [0.1, 0.15) is 5.82 Å². The van der Waals surface area contributed by atoms with E-state index in [4.69, 9.17) is 9.97 Å². The molecule has 0 spiro atoms. The van der Waals surface area contributed by atoms with Gasteiger partial charge >= 0.3 is 0 Å². The van der Waals surface area contributed by atoms with Gasteiger partial charge in [-0.15, -0.1) is 0 Å². The molecule has 2 atom stereocenters. The minimum absolute atomic E-state index is 0.309. The van der Waals surface area contributed by atoms with Crippen molar-refractivity contribution in [3.8, 4) is 0 Å². The van der Waals surface area contributed by atoms with Crippen LogP contribution in [-0.4, -0.2) is 32.5 Å². The number of rotatable bonds is 10. The minimum Gasteiger partial charge on any atom is -0.357 e. The normalized spacial score (nSPS) is 16.4. The Bertz CT molecular complexity index is 1370. The van der Waals surface area contributed by atoms with Gasteiger partial charge in [-0.2, -0.15) is 0 Å². The molecule has 3 aromatic heterocycles. The summed E-state index contributed by atoms with van der Waals surface area (Å²) in [4.78, 5) is 16.7. The van der Waals surface area contributed by atoms with E-state index in [1.165, 1.54) is 34.3 Å². The number of imidazole rings is 1. The lowest BCUT2D eigenvalue weighted by atomic mass is 9.91. The van der Waals surface area contributed by atoms with Gasteiger partial charge in [-0.3, -0.25) is 4.98 Å². The molecule has 6 nitrogen and oxygen atoms in total. The number of aromatic amines is 2. The third-order valence-corrected chi connectivity index (χ3v) is 7.32. The lowest BCUT2D eigenvalue weighted by Gasteiger charge is -2.29. The monoisotopic (exact) mass is 478 g/mol. The van der Waals surface area contributed by atoms with E-state index < -0.39 is 0 Å². The smallest absolute Gasteiger partial charge is 0.108 e. The molecular formula is C30H34N6. The molecule has 0 bridgehead atoms. The molecule has 0 fully saturated rings. The standard InChI is InChI=1S/C30H34N6/c1-2-12-25-22(8-1)18-24(34-25)20-31-16-7-11-23(19-29-35-26-13-3-4-14-27(26)36-29)33-28-15-5-9-21-10-6-17-32-30(21)28/h1-4,6,8,10,12-14,17-18,23,28,31,33-34H,5,7,9,11,15-16,19-20H2,(H,35,36). The van der Waals surface area contributed by atoms with Crippen molar-refractivity contribution >= 4 is 21.9 Å². The number of nitrogens with one attached hydrogen (secondary N) is 4. The van der Waals surface area contributed by atoms with Gasteiger partial charge in [0, 0.05) is 42.5 Å². The maximum atomic E-state index is 4.86. The van der Waals surface area contributed by atoms with Crippen LogP contribution in [0.1, 0.15) is 54.5 Å². The maximum absolute atomic E-state index is 4.86. The van der Waals surface area contributed by atoms with E-state index in [1.807, 2.05) is 12.3 Å². The molecule has 184 valence electrons. The second-order valence-corrected chi connectivity index (χ2v) is 9.96. The third-order valence-electron chi connectivity index (χ3n) is 7.32. The topological polar surface area (TPSA) is 81.4 Å². The number of pyridine rings is 1. The highest BCUT2D eigenvalue weighted by atomic mass is 15.0. The van der Waals surface area contributed by atoms with E-state index in [0.717, 1.165) is 62.1 Å². The van der Waals surface area contributed by atoms with Crippen LogP contribution in [0.5, 0.6) is 0 Å². The van der Waals surface area contributed by atoms with Crippen LogP contribution in [-0.2, 0) is 19.4 Å². The Hall–Kier alpha value is -3.48. The lowest BCUT2D eigenvalue weighted by Crippen LogP contribution is -2.37. The summed E-state index contributed by atoms with van der Waals surface area (Å²) in [5.74, 6) is 1.05. The highest BCUT2D eigenvalue weighted by Crippen LogP contribution is 2.29. The van der Waals surface area contributed by atoms with Gasteiger partial charge in [-0.05, 0) is 79.9 Å². The molecule has 0 amide bonds. The van der Waals surface area contributed by atoms with Crippen LogP contribution in [0.4, 0.5) is 0 Å². The van der Waals surface area contributed by atoms with Gasteiger partial charge in [0.2, 0.25) is 0 Å². The van der Waals surface area contributed by atoms with E-state index >= 15 is 0 Å². The molecule has 6 heteroatoms. The number of H-pyrrole nitrogens is 2. The van der Waals surface area contributed by atoms with Crippen molar-refractivity contribution in [3.05, 3.63) is 95.7 Å². The Morgan fingerprint density at radius 3 is 2.78 bits per heavy atom. The maximum Gasteiger partial charge on any atom is 0.108 e. The highest BCUT2D eigenvalue weighted by Gasteiger charge is 2.24. The summed E-state index contributed by atoms with van der Waals surface area (Å²) in [6, 6.07) is 23.9. The summed E-state index contributed by atoms with van der Waals surface area (Å²) in [5.41, 5.74) is 7.20. The molecule has 4 N–H and O–H groups in total. The lowest BCUT2D eigenvalue weighted by molar-refractivity contribution is 0.360. The number of hydrogen-bond acceptors (Lipinski definition) is 4. The van der Waals surface area contributed by atoms with Crippen molar-refractivity contribution in [3.63, 3.8) is 0 Å². The average Bonchev–Trinajstić information content (AvgIpc) is 3.51. The van der Waals surface area contributed by atoms with E-state index in [-0.39, 0.29) is 0 Å². The Morgan fingerprint density at radius 2 is 1.86 bits per heavy atom. The van der Waals surface area contributed by atoms with Crippen molar-refractivity contribution in [1.82, 2.24) is 30.6 Å². The van der Waals surface area contributed by atoms with E-state index in [9.17, 15) is 0 Å². The predicted molar refractivity (Wildman–Crippen MR) is 146 cm³/mol. The SMILES string of the molecule is c1cnc2c(c1)CCCC2NC(CCCNCc1cc2ccccc2[nH]1)Cc1nc2ccccc2[nH]1. The van der Waals surface area contributed by atoms with Crippen LogP contribution < -0.4 is 10.6 Å². The average molecular weight is 479 g/mol. The molecule has 6 rings (SSSR count). The summed E-state index contributed by atoms with van der Waals surface area (Å²) in [5, 5.41) is 8.87. The Morgan fingerprint density at radius 1 is 0.972 bits per heavy atom. The molecule has 0 saturated heterocycles. The van der Waals surface area contributed by atoms with E-state index in [2.05, 4.69) is 81.3 Å². The first kappa shape index (κ1) is 23.0. The number of fused-ring (bicyclic) bond motifs is 3. The quantitative estimate of drug-likeness (QED) is 0.197. The van der Waals surface area contributed by atoms with Gasteiger partial charge in [-0.1, -0.05) is 36.4 Å². The van der Waals surface area contributed by atoms with Crippen LogP contribution in [0.2, 0.25) is 0 Å². The van der Waals surface area contributed by atoms with Gasteiger partial charge in [0.25, 0.3) is 0 Å². The fourth-order valence-corrected chi connectivity index (χ4v) is 5.56. The molecule has 1 aliphatic rings. The molecule has 36 heavy (non-hydrogen) atoms. The number of para-hydroxylation sites is 3. The highest BCUT2D eigenvalue weighted by molar-refractivity contribution is 5.80. The van der Waals surface area contributed by atoms with Crippen molar-refractivity contribution < 1.29 is 0 Å². The molecule has 0 radical (unpaired) electrons. The van der Waals surface area contributed by atoms with Crippen LogP contribution in [0.25, 0.3) is 21.9 Å². The summed E-state index contributed by atoms with van der Waals surface area (Å²) in [6.45, 7) is 1.84. The van der Waals surface area contributed by atoms with Crippen LogP contribution >= 0.6 is 0 Å². The molecule has 2 aromatic carbocycles. The number of benzene rings is 2. The zero-order valence-electron chi connectivity index (χ0n) is 20.6. The Labute approximate surface area is 212 Å². The summed E-state index contributed by atoms with van der Waals surface area (Å²) in [7, 11) is 0. The van der Waals surface area contributed by atoms with Crippen LogP contribution in [0.3, 0.4) is 0 Å². The first-order valence-electron chi connectivity index (χ1n) is 13.2. The van der Waals surface area contributed by atoms with Crippen molar-refractivity contribution in [1.29, 1.82) is 0 Å². The van der Waals surface area contributed by atoms with Gasteiger partial charge < -0.3 is 20.6 Å². The third kappa shape index (κ3) is 5.20. The summed E-state index contributed by atoms with van der Waals surface area (Å²) < 4.78 is 0. The molecular weight excluding hydrogens is 444 g/mol. The zero-order chi connectivity index (χ0) is 24.2. The molecule has 3 heterocycles. The van der Waals surface area contributed by atoms with Crippen LogP contribution in [0, 0.1) is 0 Å². The first-order valence-corrected chi connectivity index (χ1v) is 13.2. The molecule has 1 aliphatic carbocycles. The molecule has 0 saturated carbocycles. The number of nitrogens with zero attached hydrogens (tertiary/aromatic N) is 2. The fourth-order valence-electron chi connectivity index (χ4n) is 5.56. The van der Waals surface area contributed by atoms with E-state index in [0.29, 0.717) is 12.1 Å². The van der Waals surface area contributed by atoms with E-state index in [1.54, 1.807) is 0 Å². The van der Waals surface area contributed by atoms with Crippen molar-refractivity contribution in [2.75, 3.05) is 6.54 Å². The van der Waals surface area contributed by atoms with Crippen molar-refractivity contribution in [2.24, 2.45) is 0 Å². The van der Waals surface area contributed by atoms with Gasteiger partial charge in [-0.25, -0.2) is 4.98 Å². The minimum atomic E-state index is 0.309. The molecule has 0 aliphatic heterocycles. The molecule has 2 unspecified atom stereocenters. The second-order valence-electron chi connectivity index (χ2n) is 9.96. The Balaban J connectivity index is 1.10. The Kier molecular flexibility index (Phi) is 6.79. The number of aromatic nitrogens is 4. The zero-order valence-corrected chi connectivity index (χ0v) is 20.6. The number of aryl methyl sites for hydroxylation is 1. The van der Waals surface area contributed by atoms with Gasteiger partial charge in [0.05, 0.1) is 16.7 Å².